The monoisotopic (exact) mass is 151 g/mol. The molecule has 0 aliphatic rings. The molecule has 0 unspecified atom stereocenters. The molecular formula is C7H9N3O. The van der Waals surface area contributed by atoms with E-state index in [1.54, 1.807) is 6.07 Å². The number of ketones is 1. The summed E-state index contributed by atoms with van der Waals surface area (Å²) in [5.41, 5.74) is 11.5. The second-order valence-corrected chi connectivity index (χ2v) is 2.21. The van der Waals surface area contributed by atoms with E-state index in [0.29, 0.717) is 5.56 Å². The quantitative estimate of drug-likeness (QED) is 0.571. The van der Waals surface area contributed by atoms with E-state index < -0.39 is 0 Å². The minimum Gasteiger partial charge on any atom is -0.395 e. The molecule has 1 aromatic heterocycles. The SMILES string of the molecule is CC(=O)c1ccnc(N)c1N. The Hall–Kier alpha value is -1.58. The van der Waals surface area contributed by atoms with Crippen molar-refractivity contribution in [3.05, 3.63) is 17.8 Å². The molecule has 0 atom stereocenters. The molecule has 4 heteroatoms. The Morgan fingerprint density at radius 3 is 2.64 bits per heavy atom. The Morgan fingerprint density at radius 2 is 2.18 bits per heavy atom. The summed E-state index contributed by atoms with van der Waals surface area (Å²) in [6.45, 7) is 1.44. The van der Waals surface area contributed by atoms with Gasteiger partial charge in [0.25, 0.3) is 0 Å². The van der Waals surface area contributed by atoms with Gasteiger partial charge in [-0.3, -0.25) is 4.79 Å². The van der Waals surface area contributed by atoms with Crippen LogP contribution in [0.4, 0.5) is 11.5 Å². The first-order valence-corrected chi connectivity index (χ1v) is 3.14. The summed E-state index contributed by atoms with van der Waals surface area (Å²) in [5, 5.41) is 0. The molecule has 0 aromatic carbocycles. The second kappa shape index (κ2) is 2.57. The van der Waals surface area contributed by atoms with Crippen molar-refractivity contribution in [1.29, 1.82) is 0 Å². The van der Waals surface area contributed by atoms with Gasteiger partial charge in [-0.05, 0) is 13.0 Å². The van der Waals surface area contributed by atoms with Crippen LogP contribution in [0.5, 0.6) is 0 Å². The molecule has 0 radical (unpaired) electrons. The minimum absolute atomic E-state index is 0.100. The van der Waals surface area contributed by atoms with E-state index in [0.717, 1.165) is 0 Å². The van der Waals surface area contributed by atoms with Gasteiger partial charge in [-0.15, -0.1) is 0 Å². The van der Waals surface area contributed by atoms with E-state index in [-0.39, 0.29) is 17.3 Å². The topological polar surface area (TPSA) is 82.0 Å². The standard InChI is InChI=1S/C7H9N3O/c1-4(11)5-2-3-10-7(9)6(5)8/h2-3H,8H2,1H3,(H2,9,10). The van der Waals surface area contributed by atoms with E-state index in [1.807, 2.05) is 0 Å². The van der Waals surface area contributed by atoms with Crippen LogP contribution in [0.3, 0.4) is 0 Å². The molecule has 0 fully saturated rings. The van der Waals surface area contributed by atoms with Gasteiger partial charge in [0.2, 0.25) is 0 Å². The predicted molar refractivity (Wildman–Crippen MR) is 43.1 cm³/mol. The summed E-state index contributed by atoms with van der Waals surface area (Å²) in [5.74, 6) is 0.106. The lowest BCUT2D eigenvalue weighted by Gasteiger charge is -2.02. The Kier molecular flexibility index (Phi) is 1.76. The molecule has 4 nitrogen and oxygen atoms in total. The number of aromatic nitrogens is 1. The normalized spacial score (nSPS) is 9.55. The Balaban J connectivity index is 3.27. The number of carbonyl (C=O) groups excluding carboxylic acids is 1. The number of hydrogen-bond donors (Lipinski definition) is 2. The van der Waals surface area contributed by atoms with E-state index in [9.17, 15) is 4.79 Å². The molecule has 0 bridgehead atoms. The maximum Gasteiger partial charge on any atom is 0.162 e. The van der Waals surface area contributed by atoms with Crippen molar-refractivity contribution in [3.63, 3.8) is 0 Å². The van der Waals surface area contributed by atoms with Gasteiger partial charge in [0, 0.05) is 11.8 Å². The lowest BCUT2D eigenvalue weighted by atomic mass is 10.1. The van der Waals surface area contributed by atoms with Gasteiger partial charge in [0.1, 0.15) is 5.82 Å². The molecule has 0 aliphatic carbocycles. The van der Waals surface area contributed by atoms with Crippen LogP contribution in [0.1, 0.15) is 17.3 Å². The Morgan fingerprint density at radius 1 is 1.55 bits per heavy atom. The molecule has 0 spiro atoms. The summed E-state index contributed by atoms with van der Waals surface area (Å²) in [6.07, 6.45) is 1.46. The number of carbonyl (C=O) groups is 1. The van der Waals surface area contributed by atoms with Gasteiger partial charge in [-0.1, -0.05) is 0 Å². The lowest BCUT2D eigenvalue weighted by molar-refractivity contribution is 0.101. The fourth-order valence-corrected chi connectivity index (χ4v) is 0.796. The molecule has 11 heavy (non-hydrogen) atoms. The van der Waals surface area contributed by atoms with E-state index in [4.69, 9.17) is 11.5 Å². The molecule has 0 saturated heterocycles. The van der Waals surface area contributed by atoms with Crippen LogP contribution >= 0.6 is 0 Å². The van der Waals surface area contributed by atoms with Crippen molar-refractivity contribution in [2.24, 2.45) is 0 Å². The molecule has 0 amide bonds. The third-order valence-electron chi connectivity index (χ3n) is 1.40. The smallest absolute Gasteiger partial charge is 0.162 e. The van der Waals surface area contributed by atoms with E-state index in [2.05, 4.69) is 4.98 Å². The average Bonchev–Trinajstić information content (AvgIpc) is 1.94. The molecule has 1 rings (SSSR count). The first kappa shape index (κ1) is 7.53. The first-order valence-electron chi connectivity index (χ1n) is 3.14. The third-order valence-corrected chi connectivity index (χ3v) is 1.40. The largest absolute Gasteiger partial charge is 0.395 e. The van der Waals surface area contributed by atoms with Crippen LogP contribution in [-0.2, 0) is 0 Å². The number of nitrogens with two attached hydrogens (primary N) is 2. The highest BCUT2D eigenvalue weighted by Crippen LogP contribution is 2.16. The second-order valence-electron chi connectivity index (χ2n) is 2.21. The zero-order valence-electron chi connectivity index (χ0n) is 6.16. The molecular weight excluding hydrogens is 142 g/mol. The number of anilines is 2. The van der Waals surface area contributed by atoms with Crippen LogP contribution in [-0.4, -0.2) is 10.8 Å². The van der Waals surface area contributed by atoms with E-state index in [1.165, 1.54) is 13.1 Å². The van der Waals surface area contributed by atoms with Crippen molar-refractivity contribution in [2.75, 3.05) is 11.5 Å². The van der Waals surface area contributed by atoms with Crippen LogP contribution in [0.2, 0.25) is 0 Å². The van der Waals surface area contributed by atoms with Crippen LogP contribution < -0.4 is 11.5 Å². The number of nitrogens with zero attached hydrogens (tertiary/aromatic N) is 1. The number of rotatable bonds is 1. The fraction of sp³-hybridized carbons (Fsp3) is 0.143. The van der Waals surface area contributed by atoms with Crippen LogP contribution in [0, 0.1) is 0 Å². The summed E-state index contributed by atoms with van der Waals surface area (Å²) in [6, 6.07) is 1.55. The summed E-state index contributed by atoms with van der Waals surface area (Å²) < 4.78 is 0. The number of Topliss-reactive ketones (excluding diaryl/α,β-unsaturated/α-hetero) is 1. The Bertz CT molecular complexity index is 296. The van der Waals surface area contributed by atoms with Crippen LogP contribution in [0.15, 0.2) is 12.3 Å². The number of pyridine rings is 1. The van der Waals surface area contributed by atoms with Gasteiger partial charge in [-0.25, -0.2) is 4.98 Å². The van der Waals surface area contributed by atoms with Crippen molar-refractivity contribution in [1.82, 2.24) is 4.98 Å². The molecule has 1 aromatic rings. The summed E-state index contributed by atoms with van der Waals surface area (Å²) in [7, 11) is 0. The molecule has 0 saturated carbocycles. The molecule has 4 N–H and O–H groups in total. The Labute approximate surface area is 64.2 Å². The predicted octanol–water partition coefficient (Wildman–Crippen LogP) is 0.449. The highest BCUT2D eigenvalue weighted by atomic mass is 16.1. The van der Waals surface area contributed by atoms with Gasteiger partial charge in [0.05, 0.1) is 5.69 Å². The van der Waals surface area contributed by atoms with Gasteiger partial charge in [0.15, 0.2) is 5.78 Å². The lowest BCUT2D eigenvalue weighted by Crippen LogP contribution is -2.04. The number of nitrogen functional groups attached to an aromatic ring is 2. The van der Waals surface area contributed by atoms with E-state index >= 15 is 0 Å². The van der Waals surface area contributed by atoms with Crippen molar-refractivity contribution in [3.8, 4) is 0 Å². The molecule has 1 heterocycles. The zero-order valence-corrected chi connectivity index (χ0v) is 6.16. The van der Waals surface area contributed by atoms with Crippen molar-refractivity contribution >= 4 is 17.3 Å². The van der Waals surface area contributed by atoms with Crippen LogP contribution in [0.25, 0.3) is 0 Å². The summed E-state index contributed by atoms with van der Waals surface area (Å²) in [4.78, 5) is 14.6. The fourth-order valence-electron chi connectivity index (χ4n) is 0.796. The first-order chi connectivity index (χ1) is 5.13. The summed E-state index contributed by atoms with van der Waals surface area (Å²) >= 11 is 0. The number of hydrogen-bond acceptors (Lipinski definition) is 4. The zero-order chi connectivity index (χ0) is 8.43. The van der Waals surface area contributed by atoms with Gasteiger partial charge < -0.3 is 11.5 Å². The highest BCUT2D eigenvalue weighted by molar-refractivity contribution is 6.00. The highest BCUT2D eigenvalue weighted by Gasteiger charge is 2.06. The maximum atomic E-state index is 10.9. The van der Waals surface area contributed by atoms with Gasteiger partial charge >= 0.3 is 0 Å². The van der Waals surface area contributed by atoms with Crippen molar-refractivity contribution < 1.29 is 4.79 Å². The average molecular weight is 151 g/mol. The molecule has 0 aliphatic heterocycles. The minimum atomic E-state index is -0.100. The maximum absolute atomic E-state index is 10.9. The van der Waals surface area contributed by atoms with Gasteiger partial charge in [-0.2, -0.15) is 0 Å². The molecule has 58 valence electrons. The third kappa shape index (κ3) is 1.29. The van der Waals surface area contributed by atoms with Crippen molar-refractivity contribution in [2.45, 2.75) is 6.92 Å².